The zero-order valence-electron chi connectivity index (χ0n) is 15.2. The van der Waals surface area contributed by atoms with Crippen LogP contribution in [0.15, 0.2) is 65.7 Å². The van der Waals surface area contributed by atoms with Gasteiger partial charge in [0.05, 0.1) is 5.54 Å². The van der Waals surface area contributed by atoms with Gasteiger partial charge in [-0.25, -0.2) is 0 Å². The van der Waals surface area contributed by atoms with E-state index >= 15 is 0 Å². The number of thiophene rings is 1. The number of thioether (sulfide) groups is 1. The Kier molecular flexibility index (Phi) is 4.33. The van der Waals surface area contributed by atoms with Crippen LogP contribution in [0.2, 0.25) is 0 Å². The summed E-state index contributed by atoms with van der Waals surface area (Å²) in [5, 5.41) is 0.758. The number of fused-ring (bicyclic) bond motifs is 2. The van der Waals surface area contributed by atoms with Crippen molar-refractivity contribution >= 4 is 28.3 Å². The maximum atomic E-state index is 6.10. The summed E-state index contributed by atoms with van der Waals surface area (Å²) in [6, 6.07) is 21.9. The first-order valence-corrected chi connectivity index (χ1v) is 11.3. The van der Waals surface area contributed by atoms with E-state index in [1.54, 1.807) is 11.8 Å². The Morgan fingerprint density at radius 2 is 1.63 bits per heavy atom. The van der Waals surface area contributed by atoms with Crippen molar-refractivity contribution in [3.05, 3.63) is 71.1 Å². The molecule has 0 saturated heterocycles. The molecule has 1 atom stereocenters. The number of aliphatic imine (C=N–C) groups is 1. The van der Waals surface area contributed by atoms with Gasteiger partial charge < -0.3 is 5.73 Å². The molecule has 2 N–H and O–H groups in total. The van der Waals surface area contributed by atoms with E-state index in [0.717, 1.165) is 23.8 Å². The average molecular weight is 391 g/mol. The van der Waals surface area contributed by atoms with Gasteiger partial charge in [0.15, 0.2) is 5.17 Å². The number of aryl methyl sites for hydroxylation is 1. The molecule has 5 rings (SSSR count). The van der Waals surface area contributed by atoms with Crippen LogP contribution in [-0.4, -0.2) is 10.9 Å². The molecule has 4 heteroatoms. The number of hydrogen-bond donors (Lipinski definition) is 1. The molecule has 0 radical (unpaired) electrons. The van der Waals surface area contributed by atoms with Crippen LogP contribution in [0.4, 0.5) is 0 Å². The van der Waals surface area contributed by atoms with Crippen LogP contribution < -0.4 is 5.73 Å². The molecule has 1 aliphatic heterocycles. The second-order valence-electron chi connectivity index (χ2n) is 7.32. The topological polar surface area (TPSA) is 38.4 Å². The number of nitrogens with two attached hydrogens (primary N) is 1. The molecule has 2 nitrogen and oxygen atoms in total. The van der Waals surface area contributed by atoms with Gasteiger partial charge in [0.25, 0.3) is 0 Å². The smallest absolute Gasteiger partial charge is 0.154 e. The Hall–Kier alpha value is -2.04. The zero-order chi connectivity index (χ0) is 18.3. The highest BCUT2D eigenvalue weighted by atomic mass is 32.2. The molecular weight excluding hydrogens is 368 g/mol. The second kappa shape index (κ2) is 6.84. The minimum absolute atomic E-state index is 0.0678. The van der Waals surface area contributed by atoms with Gasteiger partial charge in [-0.05, 0) is 54.0 Å². The Morgan fingerprint density at radius 1 is 0.889 bits per heavy atom. The standard InChI is InChI=1S/C23H22N2S2/c24-22-25-23(13-14-26-22)12-4-7-20-19(23)15-21(27-20)18-10-8-17(9-11-18)16-5-2-1-3-6-16/h1-3,5-6,8-11,15H,4,7,12-14H2,(H2,24,25). The first kappa shape index (κ1) is 17.1. The van der Waals surface area contributed by atoms with Gasteiger partial charge in [-0.15, -0.1) is 11.3 Å². The van der Waals surface area contributed by atoms with Crippen molar-refractivity contribution in [3.63, 3.8) is 0 Å². The summed E-state index contributed by atoms with van der Waals surface area (Å²) >= 11 is 3.64. The van der Waals surface area contributed by atoms with Crippen LogP contribution in [0.3, 0.4) is 0 Å². The summed E-state index contributed by atoms with van der Waals surface area (Å²) in [5.74, 6) is 1.08. The molecule has 1 unspecified atom stereocenters. The average Bonchev–Trinajstić information content (AvgIpc) is 3.15. The van der Waals surface area contributed by atoms with Crippen LogP contribution in [0.5, 0.6) is 0 Å². The van der Waals surface area contributed by atoms with Crippen molar-refractivity contribution < 1.29 is 0 Å². The third-order valence-corrected chi connectivity index (χ3v) is 7.71. The molecule has 136 valence electrons. The Morgan fingerprint density at radius 3 is 2.41 bits per heavy atom. The molecule has 2 aliphatic rings. The third-order valence-electron chi connectivity index (χ3n) is 5.67. The summed E-state index contributed by atoms with van der Waals surface area (Å²) in [4.78, 5) is 7.80. The summed E-state index contributed by atoms with van der Waals surface area (Å²) < 4.78 is 0. The fourth-order valence-electron chi connectivity index (χ4n) is 4.28. The largest absolute Gasteiger partial charge is 0.379 e. The number of benzene rings is 2. The zero-order valence-corrected chi connectivity index (χ0v) is 16.8. The molecule has 27 heavy (non-hydrogen) atoms. The van der Waals surface area contributed by atoms with Crippen molar-refractivity contribution in [2.75, 3.05) is 5.75 Å². The molecule has 0 fully saturated rings. The van der Waals surface area contributed by atoms with Gasteiger partial charge in [-0.3, -0.25) is 4.99 Å². The molecule has 1 spiro atoms. The third kappa shape index (κ3) is 3.11. The molecule has 3 aromatic rings. The lowest BCUT2D eigenvalue weighted by atomic mass is 9.78. The van der Waals surface area contributed by atoms with Crippen LogP contribution in [0.25, 0.3) is 21.6 Å². The van der Waals surface area contributed by atoms with Crippen LogP contribution in [0.1, 0.15) is 29.7 Å². The molecule has 0 saturated carbocycles. The van der Waals surface area contributed by atoms with E-state index in [1.165, 1.54) is 44.8 Å². The molecule has 2 aromatic carbocycles. The highest BCUT2D eigenvalue weighted by Gasteiger charge is 2.39. The fourth-order valence-corrected chi connectivity index (χ4v) is 6.47. The Labute approximate surface area is 168 Å². The molecule has 1 aromatic heterocycles. The predicted molar refractivity (Wildman–Crippen MR) is 119 cm³/mol. The predicted octanol–water partition coefficient (Wildman–Crippen LogP) is 6.07. The van der Waals surface area contributed by atoms with Gasteiger partial charge in [-0.2, -0.15) is 0 Å². The van der Waals surface area contributed by atoms with Crippen LogP contribution in [-0.2, 0) is 12.0 Å². The van der Waals surface area contributed by atoms with E-state index in [1.807, 2.05) is 11.3 Å². The SMILES string of the molecule is NC1=NC2(CCCc3sc(-c4ccc(-c5ccccc5)cc4)cc32)CCS1. The Balaban J connectivity index is 1.51. The minimum atomic E-state index is -0.0678. The van der Waals surface area contributed by atoms with Crippen molar-refractivity contribution in [3.8, 4) is 21.6 Å². The Bertz CT molecular complexity index is 989. The molecule has 1 aliphatic carbocycles. The summed E-state index contributed by atoms with van der Waals surface area (Å²) in [6.07, 6.45) is 4.62. The molecule has 0 amide bonds. The minimum Gasteiger partial charge on any atom is -0.379 e. The summed E-state index contributed by atoms with van der Waals surface area (Å²) in [7, 11) is 0. The van der Waals surface area contributed by atoms with Crippen LogP contribution >= 0.6 is 23.1 Å². The van der Waals surface area contributed by atoms with Gasteiger partial charge in [0.2, 0.25) is 0 Å². The molecule has 0 bridgehead atoms. The van der Waals surface area contributed by atoms with Gasteiger partial charge in [-0.1, -0.05) is 66.4 Å². The number of rotatable bonds is 2. The molecular formula is C23H22N2S2. The van der Waals surface area contributed by atoms with Crippen molar-refractivity contribution in [2.45, 2.75) is 31.2 Å². The highest BCUT2D eigenvalue weighted by molar-refractivity contribution is 8.13. The van der Waals surface area contributed by atoms with E-state index in [-0.39, 0.29) is 5.54 Å². The van der Waals surface area contributed by atoms with E-state index < -0.39 is 0 Å². The summed E-state index contributed by atoms with van der Waals surface area (Å²) in [6.45, 7) is 0. The van der Waals surface area contributed by atoms with Crippen molar-refractivity contribution in [1.82, 2.24) is 0 Å². The molecule has 2 heterocycles. The van der Waals surface area contributed by atoms with Crippen molar-refractivity contribution in [1.29, 1.82) is 0 Å². The number of hydrogen-bond acceptors (Lipinski definition) is 4. The van der Waals surface area contributed by atoms with E-state index in [0.29, 0.717) is 0 Å². The number of nitrogens with zero attached hydrogens (tertiary/aromatic N) is 1. The highest BCUT2D eigenvalue weighted by Crippen LogP contribution is 2.49. The van der Waals surface area contributed by atoms with E-state index in [4.69, 9.17) is 10.7 Å². The first-order valence-electron chi connectivity index (χ1n) is 9.51. The lowest BCUT2D eigenvalue weighted by Crippen LogP contribution is -2.34. The van der Waals surface area contributed by atoms with Gasteiger partial charge in [0.1, 0.15) is 0 Å². The maximum absolute atomic E-state index is 6.10. The van der Waals surface area contributed by atoms with E-state index in [9.17, 15) is 0 Å². The normalized spacial score (nSPS) is 21.7. The fraction of sp³-hybridized carbons (Fsp3) is 0.261. The lowest BCUT2D eigenvalue weighted by molar-refractivity contribution is 0.368. The van der Waals surface area contributed by atoms with Crippen LogP contribution in [0, 0.1) is 0 Å². The first-order chi connectivity index (χ1) is 13.2. The van der Waals surface area contributed by atoms with Gasteiger partial charge in [0, 0.05) is 15.5 Å². The quantitative estimate of drug-likeness (QED) is 0.577. The lowest BCUT2D eigenvalue weighted by Gasteiger charge is -2.36. The van der Waals surface area contributed by atoms with E-state index in [2.05, 4.69) is 60.7 Å². The second-order valence-corrected chi connectivity index (χ2v) is 9.58. The number of amidine groups is 1. The van der Waals surface area contributed by atoms with Gasteiger partial charge >= 0.3 is 0 Å². The monoisotopic (exact) mass is 390 g/mol. The van der Waals surface area contributed by atoms with Crippen molar-refractivity contribution in [2.24, 2.45) is 10.7 Å². The maximum Gasteiger partial charge on any atom is 0.154 e. The summed E-state index contributed by atoms with van der Waals surface area (Å²) in [5.41, 5.74) is 11.3.